The highest BCUT2D eigenvalue weighted by atomic mass is 16.2. The van der Waals surface area contributed by atoms with Gasteiger partial charge in [-0.25, -0.2) is 0 Å². The standard InChI is InChI=1S/C17H26N4O/c1-13(2)16-12-21(17(22)15-5-3-8-18-19-15)10-4-9-20(16)11-14-6-7-14/h3,5,8,13-14,16H,4,6-7,9-12H2,1-2H3/t16-/m1/s1. The van der Waals surface area contributed by atoms with Crippen LogP contribution >= 0.6 is 0 Å². The predicted octanol–water partition coefficient (Wildman–Crippen LogP) is 2.06. The molecule has 0 spiro atoms. The average molecular weight is 302 g/mol. The van der Waals surface area contributed by atoms with Gasteiger partial charge in [-0.05, 0) is 43.2 Å². The first-order valence-electron chi connectivity index (χ1n) is 8.46. The summed E-state index contributed by atoms with van der Waals surface area (Å²) in [6.45, 7) is 8.46. The second kappa shape index (κ2) is 6.73. The lowest BCUT2D eigenvalue weighted by molar-refractivity contribution is 0.0697. The molecule has 0 radical (unpaired) electrons. The molecular weight excluding hydrogens is 276 g/mol. The molecule has 2 aliphatic rings. The van der Waals surface area contributed by atoms with Crippen molar-refractivity contribution in [3.63, 3.8) is 0 Å². The van der Waals surface area contributed by atoms with Crippen LogP contribution in [0.3, 0.4) is 0 Å². The molecule has 1 aromatic rings. The smallest absolute Gasteiger partial charge is 0.274 e. The average Bonchev–Trinajstić information content (AvgIpc) is 3.35. The zero-order valence-corrected chi connectivity index (χ0v) is 13.6. The third-order valence-corrected chi connectivity index (χ3v) is 4.79. The van der Waals surface area contributed by atoms with Crippen molar-refractivity contribution < 1.29 is 4.79 Å². The van der Waals surface area contributed by atoms with E-state index < -0.39 is 0 Å². The normalized spacial score (nSPS) is 23.6. The molecule has 1 saturated carbocycles. The number of rotatable bonds is 4. The summed E-state index contributed by atoms with van der Waals surface area (Å²) in [7, 11) is 0. The highest BCUT2D eigenvalue weighted by molar-refractivity contribution is 5.92. The predicted molar refractivity (Wildman–Crippen MR) is 85.5 cm³/mol. The molecule has 1 saturated heterocycles. The van der Waals surface area contributed by atoms with Crippen LogP contribution in [0.25, 0.3) is 0 Å². The van der Waals surface area contributed by atoms with Gasteiger partial charge in [0.2, 0.25) is 0 Å². The minimum Gasteiger partial charge on any atom is -0.336 e. The van der Waals surface area contributed by atoms with Crippen molar-refractivity contribution in [2.75, 3.05) is 26.2 Å². The molecule has 2 fully saturated rings. The highest BCUT2D eigenvalue weighted by Crippen LogP contribution is 2.32. The van der Waals surface area contributed by atoms with Crippen molar-refractivity contribution in [2.45, 2.75) is 39.2 Å². The Balaban J connectivity index is 1.72. The quantitative estimate of drug-likeness (QED) is 0.854. The molecular formula is C17H26N4O. The topological polar surface area (TPSA) is 49.3 Å². The summed E-state index contributed by atoms with van der Waals surface area (Å²) in [5.74, 6) is 1.46. The first kappa shape index (κ1) is 15.4. The molecule has 1 aliphatic heterocycles. The van der Waals surface area contributed by atoms with E-state index in [4.69, 9.17) is 0 Å². The summed E-state index contributed by atoms with van der Waals surface area (Å²) in [6, 6.07) is 3.98. The Morgan fingerprint density at radius 1 is 1.36 bits per heavy atom. The molecule has 22 heavy (non-hydrogen) atoms. The first-order chi connectivity index (χ1) is 10.6. The third kappa shape index (κ3) is 3.64. The molecule has 0 N–H and O–H groups in total. The number of amides is 1. The lowest BCUT2D eigenvalue weighted by Gasteiger charge is -2.34. The Hall–Kier alpha value is -1.49. The summed E-state index contributed by atoms with van der Waals surface area (Å²) in [5, 5.41) is 7.81. The van der Waals surface area contributed by atoms with Gasteiger partial charge in [-0.2, -0.15) is 5.10 Å². The van der Waals surface area contributed by atoms with Gasteiger partial charge in [0.1, 0.15) is 0 Å². The summed E-state index contributed by atoms with van der Waals surface area (Å²) >= 11 is 0. The Morgan fingerprint density at radius 2 is 2.18 bits per heavy atom. The van der Waals surface area contributed by atoms with Crippen LogP contribution in [0.4, 0.5) is 0 Å². The van der Waals surface area contributed by atoms with E-state index in [1.54, 1.807) is 18.3 Å². The molecule has 2 heterocycles. The maximum atomic E-state index is 12.7. The Kier molecular flexibility index (Phi) is 4.71. The second-order valence-electron chi connectivity index (χ2n) is 6.96. The zero-order chi connectivity index (χ0) is 15.5. The van der Waals surface area contributed by atoms with Crippen LogP contribution in [0.1, 0.15) is 43.6 Å². The lowest BCUT2D eigenvalue weighted by atomic mass is 10.0. The van der Waals surface area contributed by atoms with Crippen LogP contribution in [0.15, 0.2) is 18.3 Å². The maximum Gasteiger partial charge on any atom is 0.274 e. The number of carbonyl (C=O) groups excluding carboxylic acids is 1. The van der Waals surface area contributed by atoms with Crippen molar-refractivity contribution in [3.05, 3.63) is 24.0 Å². The van der Waals surface area contributed by atoms with Crippen LogP contribution < -0.4 is 0 Å². The Bertz CT molecular complexity index is 501. The fraction of sp³-hybridized carbons (Fsp3) is 0.706. The van der Waals surface area contributed by atoms with Gasteiger partial charge in [0.15, 0.2) is 5.69 Å². The van der Waals surface area contributed by atoms with Gasteiger partial charge in [-0.15, -0.1) is 5.10 Å². The van der Waals surface area contributed by atoms with Crippen LogP contribution in [0.5, 0.6) is 0 Å². The third-order valence-electron chi connectivity index (χ3n) is 4.79. The van der Waals surface area contributed by atoms with E-state index in [9.17, 15) is 4.79 Å². The van der Waals surface area contributed by atoms with Crippen molar-refractivity contribution in [1.29, 1.82) is 0 Å². The number of carbonyl (C=O) groups is 1. The van der Waals surface area contributed by atoms with Crippen LogP contribution in [-0.2, 0) is 0 Å². The number of aromatic nitrogens is 2. The van der Waals surface area contributed by atoms with Gasteiger partial charge in [-0.3, -0.25) is 9.69 Å². The van der Waals surface area contributed by atoms with Crippen LogP contribution in [-0.4, -0.2) is 58.1 Å². The summed E-state index contributed by atoms with van der Waals surface area (Å²) in [4.78, 5) is 17.3. The summed E-state index contributed by atoms with van der Waals surface area (Å²) in [5.41, 5.74) is 0.459. The highest BCUT2D eigenvalue weighted by Gasteiger charge is 2.33. The van der Waals surface area contributed by atoms with Gasteiger partial charge in [0.05, 0.1) is 0 Å². The fourth-order valence-corrected chi connectivity index (χ4v) is 3.32. The largest absolute Gasteiger partial charge is 0.336 e. The Morgan fingerprint density at radius 3 is 2.82 bits per heavy atom. The molecule has 1 aliphatic carbocycles. The van der Waals surface area contributed by atoms with Gasteiger partial charge >= 0.3 is 0 Å². The minimum atomic E-state index is 0.0204. The van der Waals surface area contributed by atoms with E-state index in [1.165, 1.54) is 19.4 Å². The van der Waals surface area contributed by atoms with Crippen LogP contribution in [0.2, 0.25) is 0 Å². The molecule has 0 aromatic carbocycles. The zero-order valence-electron chi connectivity index (χ0n) is 13.6. The van der Waals surface area contributed by atoms with Gasteiger partial charge in [-0.1, -0.05) is 13.8 Å². The summed E-state index contributed by atoms with van der Waals surface area (Å²) in [6.07, 6.45) is 5.41. The maximum absolute atomic E-state index is 12.7. The number of hydrogen-bond donors (Lipinski definition) is 0. The van der Waals surface area contributed by atoms with E-state index in [1.807, 2.05) is 4.90 Å². The van der Waals surface area contributed by atoms with Crippen molar-refractivity contribution in [2.24, 2.45) is 11.8 Å². The van der Waals surface area contributed by atoms with E-state index in [2.05, 4.69) is 28.9 Å². The molecule has 5 nitrogen and oxygen atoms in total. The van der Waals surface area contributed by atoms with E-state index >= 15 is 0 Å². The van der Waals surface area contributed by atoms with E-state index in [0.29, 0.717) is 17.7 Å². The van der Waals surface area contributed by atoms with Crippen LogP contribution in [0, 0.1) is 11.8 Å². The van der Waals surface area contributed by atoms with Crippen molar-refractivity contribution >= 4 is 5.91 Å². The van der Waals surface area contributed by atoms with Gasteiger partial charge < -0.3 is 4.90 Å². The minimum absolute atomic E-state index is 0.0204. The molecule has 1 atom stereocenters. The van der Waals surface area contributed by atoms with Gasteiger partial charge in [0.25, 0.3) is 5.91 Å². The first-order valence-corrected chi connectivity index (χ1v) is 8.46. The van der Waals surface area contributed by atoms with Gasteiger partial charge in [0, 0.05) is 38.4 Å². The summed E-state index contributed by atoms with van der Waals surface area (Å²) < 4.78 is 0. The molecule has 120 valence electrons. The Labute approximate surface area is 132 Å². The molecule has 0 unspecified atom stereocenters. The molecule has 1 amide bonds. The van der Waals surface area contributed by atoms with Crippen molar-refractivity contribution in [3.8, 4) is 0 Å². The molecule has 3 rings (SSSR count). The molecule has 0 bridgehead atoms. The number of hydrogen-bond acceptors (Lipinski definition) is 4. The monoisotopic (exact) mass is 302 g/mol. The number of nitrogens with zero attached hydrogens (tertiary/aromatic N) is 4. The molecule has 5 heteroatoms. The van der Waals surface area contributed by atoms with E-state index in [0.717, 1.165) is 32.0 Å². The van der Waals surface area contributed by atoms with E-state index in [-0.39, 0.29) is 5.91 Å². The molecule has 1 aromatic heterocycles. The SMILES string of the molecule is CC(C)[C@H]1CN(C(=O)c2cccnn2)CCCN1CC1CC1. The van der Waals surface area contributed by atoms with Crippen molar-refractivity contribution in [1.82, 2.24) is 20.0 Å². The fourth-order valence-electron chi connectivity index (χ4n) is 3.32. The second-order valence-corrected chi connectivity index (χ2v) is 6.96. The lowest BCUT2D eigenvalue weighted by Crippen LogP contribution is -2.46.